The summed E-state index contributed by atoms with van der Waals surface area (Å²) in [6.45, 7) is 3.23. The summed E-state index contributed by atoms with van der Waals surface area (Å²) in [5.41, 5.74) is 0.797. The van der Waals surface area contributed by atoms with Gasteiger partial charge in [0, 0.05) is 32.1 Å². The predicted octanol–water partition coefficient (Wildman–Crippen LogP) is 1.51. The van der Waals surface area contributed by atoms with Crippen LogP contribution in [0.25, 0.3) is 11.6 Å². The average molecular weight is 245 g/mol. The van der Waals surface area contributed by atoms with Gasteiger partial charge >= 0.3 is 0 Å². The number of hydrogen-bond donors (Lipinski definition) is 1. The van der Waals surface area contributed by atoms with Crippen molar-refractivity contribution < 1.29 is 4.74 Å². The molecule has 2 aromatic heterocycles. The first-order chi connectivity index (χ1) is 8.83. The van der Waals surface area contributed by atoms with Gasteiger partial charge in [-0.05, 0) is 13.0 Å². The molecule has 0 radical (unpaired) electrons. The van der Waals surface area contributed by atoms with Gasteiger partial charge in [0.25, 0.3) is 0 Å². The Kier molecular flexibility index (Phi) is 4.14. The standard InChI is InChI=1S/C12H15N5O/c1-3-13-10-7-9(8-18-2)16-12(17-10)11-14-5-4-6-15-11/h4-7H,3,8H2,1-2H3,(H,13,16,17). The fraction of sp³-hybridized carbons (Fsp3) is 0.333. The lowest BCUT2D eigenvalue weighted by atomic mass is 10.3. The lowest BCUT2D eigenvalue weighted by molar-refractivity contribution is 0.181. The summed E-state index contributed by atoms with van der Waals surface area (Å²) in [7, 11) is 1.63. The number of aromatic nitrogens is 4. The molecule has 2 rings (SSSR count). The van der Waals surface area contributed by atoms with Crippen molar-refractivity contribution in [2.75, 3.05) is 19.0 Å². The molecule has 0 saturated heterocycles. The van der Waals surface area contributed by atoms with Gasteiger partial charge < -0.3 is 10.1 Å². The van der Waals surface area contributed by atoms with Crippen LogP contribution in [-0.4, -0.2) is 33.6 Å². The molecule has 0 spiro atoms. The zero-order valence-corrected chi connectivity index (χ0v) is 10.4. The second-order valence-corrected chi connectivity index (χ2v) is 3.60. The SMILES string of the molecule is CCNc1cc(COC)nc(-c2ncccn2)n1. The van der Waals surface area contributed by atoms with Crippen LogP contribution < -0.4 is 5.32 Å². The Balaban J connectivity index is 2.39. The molecule has 0 saturated carbocycles. The van der Waals surface area contributed by atoms with Gasteiger partial charge in [-0.15, -0.1) is 0 Å². The number of rotatable bonds is 5. The third-order valence-electron chi connectivity index (χ3n) is 2.20. The Hall–Kier alpha value is -2.08. The van der Waals surface area contributed by atoms with E-state index >= 15 is 0 Å². The maximum atomic E-state index is 5.09. The Morgan fingerprint density at radius 2 is 1.94 bits per heavy atom. The molecule has 0 aliphatic carbocycles. The van der Waals surface area contributed by atoms with Gasteiger partial charge in [-0.25, -0.2) is 19.9 Å². The monoisotopic (exact) mass is 245 g/mol. The molecule has 6 heteroatoms. The van der Waals surface area contributed by atoms with E-state index in [1.54, 1.807) is 25.6 Å². The zero-order chi connectivity index (χ0) is 12.8. The van der Waals surface area contributed by atoms with E-state index in [2.05, 4.69) is 25.3 Å². The van der Waals surface area contributed by atoms with Crippen molar-refractivity contribution in [3.05, 3.63) is 30.2 Å². The van der Waals surface area contributed by atoms with Crippen LogP contribution in [0.2, 0.25) is 0 Å². The summed E-state index contributed by atoms with van der Waals surface area (Å²) in [4.78, 5) is 17.0. The molecule has 0 fully saturated rings. The summed E-state index contributed by atoms with van der Waals surface area (Å²) in [5, 5.41) is 3.15. The molecule has 2 aromatic rings. The van der Waals surface area contributed by atoms with E-state index in [1.807, 2.05) is 13.0 Å². The van der Waals surface area contributed by atoms with Gasteiger partial charge in [0.05, 0.1) is 12.3 Å². The molecule has 0 atom stereocenters. The minimum atomic E-state index is 0.431. The molecule has 0 aliphatic rings. The van der Waals surface area contributed by atoms with Crippen molar-refractivity contribution in [3.63, 3.8) is 0 Å². The molecule has 2 heterocycles. The normalized spacial score (nSPS) is 10.3. The van der Waals surface area contributed by atoms with Gasteiger partial charge in [-0.1, -0.05) is 0 Å². The van der Waals surface area contributed by atoms with Crippen molar-refractivity contribution in [2.24, 2.45) is 0 Å². The van der Waals surface area contributed by atoms with Crippen LogP contribution in [0.4, 0.5) is 5.82 Å². The van der Waals surface area contributed by atoms with Crippen molar-refractivity contribution in [2.45, 2.75) is 13.5 Å². The Morgan fingerprint density at radius 3 is 2.61 bits per heavy atom. The lowest BCUT2D eigenvalue weighted by Gasteiger charge is -2.07. The van der Waals surface area contributed by atoms with Gasteiger partial charge in [0.1, 0.15) is 5.82 Å². The van der Waals surface area contributed by atoms with Crippen molar-refractivity contribution in [1.29, 1.82) is 0 Å². The Labute approximate surface area is 105 Å². The second kappa shape index (κ2) is 6.02. The molecular formula is C12H15N5O. The summed E-state index contributed by atoms with van der Waals surface area (Å²) in [6, 6.07) is 3.62. The Bertz CT molecular complexity index is 479. The van der Waals surface area contributed by atoms with Gasteiger partial charge in [0.15, 0.2) is 11.6 Å². The third kappa shape index (κ3) is 2.98. The highest BCUT2D eigenvalue weighted by atomic mass is 16.5. The quantitative estimate of drug-likeness (QED) is 0.860. The largest absolute Gasteiger partial charge is 0.378 e. The van der Waals surface area contributed by atoms with E-state index in [-0.39, 0.29) is 0 Å². The molecule has 1 N–H and O–H groups in total. The first-order valence-corrected chi connectivity index (χ1v) is 5.71. The van der Waals surface area contributed by atoms with Crippen LogP contribution in [-0.2, 0) is 11.3 Å². The van der Waals surface area contributed by atoms with Crippen LogP contribution in [0.1, 0.15) is 12.6 Å². The first-order valence-electron chi connectivity index (χ1n) is 5.71. The maximum Gasteiger partial charge on any atom is 0.200 e. The fourth-order valence-electron chi connectivity index (χ4n) is 1.51. The number of methoxy groups -OCH3 is 1. The second-order valence-electron chi connectivity index (χ2n) is 3.60. The predicted molar refractivity (Wildman–Crippen MR) is 67.9 cm³/mol. The van der Waals surface area contributed by atoms with Crippen molar-refractivity contribution in [3.8, 4) is 11.6 Å². The first kappa shape index (κ1) is 12.4. The van der Waals surface area contributed by atoms with Crippen LogP contribution in [0.15, 0.2) is 24.5 Å². The maximum absolute atomic E-state index is 5.09. The zero-order valence-electron chi connectivity index (χ0n) is 10.4. The van der Waals surface area contributed by atoms with Crippen molar-refractivity contribution in [1.82, 2.24) is 19.9 Å². The van der Waals surface area contributed by atoms with E-state index in [1.165, 1.54) is 0 Å². The molecule has 0 unspecified atom stereocenters. The van der Waals surface area contributed by atoms with E-state index in [4.69, 9.17) is 4.74 Å². The smallest absolute Gasteiger partial charge is 0.200 e. The van der Waals surface area contributed by atoms with E-state index < -0.39 is 0 Å². The molecule has 94 valence electrons. The van der Waals surface area contributed by atoms with Gasteiger partial charge in [-0.3, -0.25) is 0 Å². The highest BCUT2D eigenvalue weighted by Crippen LogP contribution is 2.14. The van der Waals surface area contributed by atoms with E-state index in [9.17, 15) is 0 Å². The molecule has 0 bridgehead atoms. The van der Waals surface area contributed by atoms with Crippen LogP contribution in [0.5, 0.6) is 0 Å². The topological polar surface area (TPSA) is 72.8 Å². The lowest BCUT2D eigenvalue weighted by Crippen LogP contribution is -2.05. The number of anilines is 1. The number of nitrogens with one attached hydrogen (secondary N) is 1. The van der Waals surface area contributed by atoms with E-state index in [0.717, 1.165) is 18.1 Å². The average Bonchev–Trinajstić information content (AvgIpc) is 2.40. The van der Waals surface area contributed by atoms with Crippen LogP contribution >= 0.6 is 0 Å². The molecular weight excluding hydrogens is 230 g/mol. The number of ether oxygens (including phenoxy) is 1. The summed E-state index contributed by atoms with van der Waals surface area (Å²) < 4.78 is 5.09. The molecule has 6 nitrogen and oxygen atoms in total. The Morgan fingerprint density at radius 1 is 1.17 bits per heavy atom. The van der Waals surface area contributed by atoms with Crippen molar-refractivity contribution >= 4 is 5.82 Å². The molecule has 0 aliphatic heterocycles. The summed E-state index contributed by atoms with van der Waals surface area (Å²) >= 11 is 0. The summed E-state index contributed by atoms with van der Waals surface area (Å²) in [5.74, 6) is 1.76. The van der Waals surface area contributed by atoms with Crippen LogP contribution in [0.3, 0.4) is 0 Å². The fourth-order valence-corrected chi connectivity index (χ4v) is 1.51. The summed E-state index contributed by atoms with van der Waals surface area (Å²) in [6.07, 6.45) is 3.34. The highest BCUT2D eigenvalue weighted by Gasteiger charge is 2.08. The number of nitrogens with zero attached hydrogens (tertiary/aromatic N) is 4. The molecule has 0 aromatic carbocycles. The highest BCUT2D eigenvalue weighted by molar-refractivity contribution is 5.48. The van der Waals surface area contributed by atoms with E-state index in [0.29, 0.717) is 18.3 Å². The number of hydrogen-bond acceptors (Lipinski definition) is 6. The van der Waals surface area contributed by atoms with Crippen LogP contribution in [0, 0.1) is 0 Å². The van der Waals surface area contributed by atoms with Gasteiger partial charge in [-0.2, -0.15) is 0 Å². The molecule has 0 amide bonds. The minimum absolute atomic E-state index is 0.431. The third-order valence-corrected chi connectivity index (χ3v) is 2.20. The van der Waals surface area contributed by atoms with Gasteiger partial charge in [0.2, 0.25) is 0 Å². The molecule has 18 heavy (non-hydrogen) atoms. The minimum Gasteiger partial charge on any atom is -0.378 e.